The largest absolute Gasteiger partial charge is 0.383 e. The predicted octanol–water partition coefficient (Wildman–Crippen LogP) is 4.40. The molecule has 0 spiro atoms. The van der Waals surface area contributed by atoms with Crippen molar-refractivity contribution >= 4 is 21.4 Å². The SMILES string of the molecule is OC(c1cc(F)cc(F)c1)c1cc2cc(F)ccc2s1. The van der Waals surface area contributed by atoms with Gasteiger partial charge >= 0.3 is 0 Å². The zero-order valence-corrected chi connectivity index (χ0v) is 10.9. The Morgan fingerprint density at radius 2 is 1.55 bits per heavy atom. The van der Waals surface area contributed by atoms with Crippen LogP contribution in [0.5, 0.6) is 0 Å². The first-order valence-corrected chi connectivity index (χ1v) is 6.67. The second-order valence-corrected chi connectivity index (χ2v) is 5.55. The summed E-state index contributed by atoms with van der Waals surface area (Å²) in [6.45, 7) is 0. The minimum absolute atomic E-state index is 0.134. The van der Waals surface area contributed by atoms with Gasteiger partial charge in [0, 0.05) is 15.6 Å². The van der Waals surface area contributed by atoms with E-state index in [-0.39, 0.29) is 11.4 Å². The van der Waals surface area contributed by atoms with E-state index in [0.29, 0.717) is 10.3 Å². The van der Waals surface area contributed by atoms with Crippen LogP contribution < -0.4 is 0 Å². The van der Waals surface area contributed by atoms with Gasteiger partial charge in [-0.15, -0.1) is 11.3 Å². The summed E-state index contributed by atoms with van der Waals surface area (Å²) in [7, 11) is 0. The molecule has 1 atom stereocenters. The first-order chi connectivity index (χ1) is 9.52. The van der Waals surface area contributed by atoms with E-state index in [1.54, 1.807) is 12.1 Å². The molecule has 1 heterocycles. The first kappa shape index (κ1) is 13.1. The van der Waals surface area contributed by atoms with Crippen molar-refractivity contribution in [2.75, 3.05) is 0 Å². The maximum Gasteiger partial charge on any atom is 0.126 e. The molecular formula is C15H9F3OS. The second kappa shape index (κ2) is 4.92. The van der Waals surface area contributed by atoms with Crippen molar-refractivity contribution in [3.8, 4) is 0 Å². The highest BCUT2D eigenvalue weighted by atomic mass is 32.1. The molecule has 1 N–H and O–H groups in total. The Bertz CT molecular complexity index is 762. The zero-order valence-electron chi connectivity index (χ0n) is 10.1. The van der Waals surface area contributed by atoms with Gasteiger partial charge in [0.25, 0.3) is 0 Å². The molecule has 0 radical (unpaired) electrons. The number of halogens is 3. The number of aliphatic hydroxyl groups excluding tert-OH is 1. The molecule has 0 saturated heterocycles. The third kappa shape index (κ3) is 2.42. The van der Waals surface area contributed by atoms with E-state index < -0.39 is 17.7 Å². The van der Waals surface area contributed by atoms with Gasteiger partial charge in [-0.1, -0.05) is 0 Å². The van der Waals surface area contributed by atoms with Crippen molar-refractivity contribution < 1.29 is 18.3 Å². The Hall–Kier alpha value is -1.85. The van der Waals surface area contributed by atoms with Crippen LogP contribution in [0.3, 0.4) is 0 Å². The topological polar surface area (TPSA) is 20.2 Å². The number of hydrogen-bond donors (Lipinski definition) is 1. The van der Waals surface area contributed by atoms with Gasteiger partial charge in [-0.2, -0.15) is 0 Å². The molecule has 0 aliphatic rings. The number of aliphatic hydroxyl groups is 1. The normalized spacial score (nSPS) is 12.8. The van der Waals surface area contributed by atoms with Crippen molar-refractivity contribution in [1.82, 2.24) is 0 Å². The molecular weight excluding hydrogens is 285 g/mol. The summed E-state index contributed by atoms with van der Waals surface area (Å²) in [5.41, 5.74) is 0.134. The van der Waals surface area contributed by atoms with E-state index in [1.807, 2.05) is 0 Å². The van der Waals surface area contributed by atoms with Crippen LogP contribution in [-0.2, 0) is 0 Å². The maximum atomic E-state index is 13.2. The number of thiophene rings is 1. The molecule has 1 nitrogen and oxygen atoms in total. The van der Waals surface area contributed by atoms with Crippen LogP contribution in [0.4, 0.5) is 13.2 Å². The number of hydrogen-bond acceptors (Lipinski definition) is 2. The minimum atomic E-state index is -1.14. The summed E-state index contributed by atoms with van der Waals surface area (Å²) in [4.78, 5) is 0.510. The number of benzene rings is 2. The molecule has 5 heteroatoms. The molecule has 102 valence electrons. The minimum Gasteiger partial charge on any atom is -0.383 e. The Balaban J connectivity index is 2.05. The Morgan fingerprint density at radius 1 is 0.850 bits per heavy atom. The highest BCUT2D eigenvalue weighted by Crippen LogP contribution is 2.33. The molecule has 1 unspecified atom stereocenters. The fraction of sp³-hybridized carbons (Fsp3) is 0.0667. The van der Waals surface area contributed by atoms with Crippen LogP contribution >= 0.6 is 11.3 Å². The van der Waals surface area contributed by atoms with Crippen molar-refractivity contribution in [3.63, 3.8) is 0 Å². The third-order valence-electron chi connectivity index (χ3n) is 2.97. The molecule has 0 fully saturated rings. The van der Waals surface area contributed by atoms with Gasteiger partial charge < -0.3 is 5.11 Å². The van der Waals surface area contributed by atoms with Crippen molar-refractivity contribution in [2.24, 2.45) is 0 Å². The van der Waals surface area contributed by atoms with E-state index in [9.17, 15) is 18.3 Å². The van der Waals surface area contributed by atoms with Crippen LogP contribution in [0.2, 0.25) is 0 Å². The Kier molecular flexibility index (Phi) is 3.23. The summed E-state index contributed by atoms with van der Waals surface area (Å²) < 4.78 is 40.3. The van der Waals surface area contributed by atoms with Crippen LogP contribution in [0.15, 0.2) is 42.5 Å². The fourth-order valence-electron chi connectivity index (χ4n) is 2.07. The van der Waals surface area contributed by atoms with Crippen molar-refractivity contribution in [3.05, 3.63) is 70.4 Å². The van der Waals surface area contributed by atoms with Gasteiger partial charge in [0.15, 0.2) is 0 Å². The summed E-state index contributed by atoms with van der Waals surface area (Å²) >= 11 is 1.26. The van der Waals surface area contributed by atoms with Gasteiger partial charge in [-0.05, 0) is 47.3 Å². The van der Waals surface area contributed by atoms with Crippen molar-refractivity contribution in [1.29, 1.82) is 0 Å². The van der Waals surface area contributed by atoms with Gasteiger partial charge in [-0.3, -0.25) is 0 Å². The smallest absolute Gasteiger partial charge is 0.126 e. The van der Waals surface area contributed by atoms with Gasteiger partial charge in [-0.25, -0.2) is 13.2 Å². The standard InChI is InChI=1S/C15H9F3OS/c16-10-1-2-13-8(3-10)6-14(20-13)15(19)9-4-11(17)7-12(18)5-9/h1-7,15,19H. The summed E-state index contributed by atoms with van der Waals surface area (Å²) in [5.74, 6) is -1.86. The molecule has 2 aromatic carbocycles. The Labute approximate surface area is 116 Å². The summed E-state index contributed by atoms with van der Waals surface area (Å²) in [6, 6.07) is 8.83. The first-order valence-electron chi connectivity index (χ1n) is 5.86. The summed E-state index contributed by atoms with van der Waals surface area (Å²) in [5, 5.41) is 10.8. The van der Waals surface area contributed by atoms with Crippen molar-refractivity contribution in [2.45, 2.75) is 6.10 Å². The molecule has 0 aliphatic carbocycles. The number of rotatable bonds is 2. The predicted molar refractivity (Wildman–Crippen MR) is 72.2 cm³/mol. The fourth-order valence-corrected chi connectivity index (χ4v) is 3.13. The molecule has 0 amide bonds. The average molecular weight is 294 g/mol. The van der Waals surface area contributed by atoms with E-state index >= 15 is 0 Å². The Morgan fingerprint density at radius 3 is 2.25 bits per heavy atom. The van der Waals surface area contributed by atoms with Gasteiger partial charge in [0.05, 0.1) is 0 Å². The highest BCUT2D eigenvalue weighted by Gasteiger charge is 2.16. The zero-order chi connectivity index (χ0) is 14.3. The second-order valence-electron chi connectivity index (χ2n) is 4.44. The average Bonchev–Trinajstić information content (AvgIpc) is 2.79. The third-order valence-corrected chi connectivity index (χ3v) is 4.14. The quantitative estimate of drug-likeness (QED) is 0.742. The molecule has 3 aromatic rings. The van der Waals surface area contributed by atoms with Crippen LogP contribution in [0.1, 0.15) is 16.5 Å². The van der Waals surface area contributed by atoms with E-state index in [1.165, 1.54) is 23.5 Å². The lowest BCUT2D eigenvalue weighted by molar-refractivity contribution is 0.223. The van der Waals surface area contributed by atoms with Crippen LogP contribution in [0, 0.1) is 17.5 Å². The van der Waals surface area contributed by atoms with Crippen LogP contribution in [-0.4, -0.2) is 5.11 Å². The van der Waals surface area contributed by atoms with Gasteiger partial charge in [0.1, 0.15) is 23.6 Å². The molecule has 3 rings (SSSR count). The lowest BCUT2D eigenvalue weighted by Crippen LogP contribution is -1.98. The maximum absolute atomic E-state index is 13.2. The molecule has 1 aromatic heterocycles. The van der Waals surface area contributed by atoms with Gasteiger partial charge in [0.2, 0.25) is 0 Å². The van der Waals surface area contributed by atoms with E-state index in [2.05, 4.69) is 0 Å². The summed E-state index contributed by atoms with van der Waals surface area (Å²) in [6.07, 6.45) is -1.14. The molecule has 0 bridgehead atoms. The van der Waals surface area contributed by atoms with Crippen LogP contribution in [0.25, 0.3) is 10.1 Å². The van der Waals surface area contributed by atoms with E-state index in [0.717, 1.165) is 22.9 Å². The highest BCUT2D eigenvalue weighted by molar-refractivity contribution is 7.19. The number of fused-ring (bicyclic) bond motifs is 1. The lowest BCUT2D eigenvalue weighted by Gasteiger charge is -2.08. The molecule has 0 aliphatic heterocycles. The lowest BCUT2D eigenvalue weighted by atomic mass is 10.1. The monoisotopic (exact) mass is 294 g/mol. The molecule has 0 saturated carbocycles. The molecule has 20 heavy (non-hydrogen) atoms. The van der Waals surface area contributed by atoms with E-state index in [4.69, 9.17) is 0 Å².